The van der Waals surface area contributed by atoms with E-state index in [-0.39, 0.29) is 5.91 Å². The summed E-state index contributed by atoms with van der Waals surface area (Å²) >= 11 is 0. The molecule has 1 N–H and O–H groups in total. The molecule has 134 valence electrons. The number of hydrogen-bond donors (Lipinski definition) is 1. The van der Waals surface area contributed by atoms with Gasteiger partial charge < -0.3 is 9.88 Å². The van der Waals surface area contributed by atoms with E-state index in [0.717, 1.165) is 17.1 Å². The number of rotatable bonds is 4. The highest BCUT2D eigenvalue weighted by Crippen LogP contribution is 2.39. The SMILES string of the molecule is Cn1ccnc1-c1cccc(NC(=O)c2cnn3ccc(C4CC4)nc23)c1. The summed E-state index contributed by atoms with van der Waals surface area (Å²) in [5.74, 6) is 1.15. The Bertz CT molecular complexity index is 1150. The smallest absolute Gasteiger partial charge is 0.261 e. The lowest BCUT2D eigenvalue weighted by molar-refractivity contribution is 0.102. The monoisotopic (exact) mass is 358 g/mol. The van der Waals surface area contributed by atoms with E-state index in [2.05, 4.69) is 20.4 Å². The number of aryl methyl sites for hydroxylation is 1. The zero-order chi connectivity index (χ0) is 18.4. The number of carbonyl (C=O) groups is 1. The Hall–Kier alpha value is -3.48. The molecule has 0 aliphatic heterocycles. The molecule has 1 fully saturated rings. The number of hydrogen-bond acceptors (Lipinski definition) is 4. The van der Waals surface area contributed by atoms with Crippen LogP contribution in [0.4, 0.5) is 5.69 Å². The zero-order valence-electron chi connectivity index (χ0n) is 14.8. The number of amides is 1. The van der Waals surface area contributed by atoms with Crippen molar-refractivity contribution in [2.24, 2.45) is 7.05 Å². The van der Waals surface area contributed by atoms with Crippen molar-refractivity contribution in [2.45, 2.75) is 18.8 Å². The molecule has 0 spiro atoms. The molecule has 3 aromatic heterocycles. The number of nitrogens with one attached hydrogen (secondary N) is 1. The van der Waals surface area contributed by atoms with Crippen LogP contribution in [0.3, 0.4) is 0 Å². The van der Waals surface area contributed by atoms with Crippen molar-refractivity contribution in [3.63, 3.8) is 0 Å². The third-order valence-corrected chi connectivity index (χ3v) is 4.83. The number of anilines is 1. The minimum atomic E-state index is -0.220. The van der Waals surface area contributed by atoms with Crippen LogP contribution in [0.5, 0.6) is 0 Å². The molecule has 7 heteroatoms. The molecule has 1 aliphatic carbocycles. The van der Waals surface area contributed by atoms with Gasteiger partial charge in [-0.1, -0.05) is 12.1 Å². The van der Waals surface area contributed by atoms with Gasteiger partial charge in [-0.05, 0) is 31.0 Å². The lowest BCUT2D eigenvalue weighted by Crippen LogP contribution is -2.12. The van der Waals surface area contributed by atoms with Crippen LogP contribution in [-0.4, -0.2) is 30.1 Å². The van der Waals surface area contributed by atoms with E-state index in [1.165, 1.54) is 12.8 Å². The van der Waals surface area contributed by atoms with Crippen LogP contribution < -0.4 is 5.32 Å². The first-order chi connectivity index (χ1) is 13.2. The standard InChI is InChI=1S/C20H18N6O/c1-25-10-8-21-18(25)14-3-2-4-15(11-14)23-20(27)16-12-22-26-9-7-17(13-5-6-13)24-19(16)26/h2-4,7-13H,5-6H2,1H3,(H,23,27). The predicted molar refractivity (Wildman–Crippen MR) is 102 cm³/mol. The summed E-state index contributed by atoms with van der Waals surface area (Å²) in [5, 5.41) is 7.21. The van der Waals surface area contributed by atoms with Gasteiger partial charge in [0.05, 0.1) is 6.20 Å². The quantitative estimate of drug-likeness (QED) is 0.607. The van der Waals surface area contributed by atoms with Crippen molar-refractivity contribution < 1.29 is 4.79 Å². The van der Waals surface area contributed by atoms with Crippen molar-refractivity contribution in [3.8, 4) is 11.4 Å². The fourth-order valence-electron chi connectivity index (χ4n) is 3.23. The fraction of sp³-hybridized carbons (Fsp3) is 0.200. The molecular weight excluding hydrogens is 340 g/mol. The van der Waals surface area contributed by atoms with Gasteiger partial charge in [0.25, 0.3) is 5.91 Å². The number of carbonyl (C=O) groups excluding carboxylic acids is 1. The van der Waals surface area contributed by atoms with E-state index in [9.17, 15) is 4.79 Å². The lowest BCUT2D eigenvalue weighted by Gasteiger charge is -2.07. The Morgan fingerprint density at radius 1 is 1.22 bits per heavy atom. The van der Waals surface area contributed by atoms with Gasteiger partial charge in [-0.25, -0.2) is 14.5 Å². The first-order valence-corrected chi connectivity index (χ1v) is 8.92. The average molecular weight is 358 g/mol. The summed E-state index contributed by atoms with van der Waals surface area (Å²) in [6.45, 7) is 0. The third-order valence-electron chi connectivity index (χ3n) is 4.83. The first-order valence-electron chi connectivity index (χ1n) is 8.92. The van der Waals surface area contributed by atoms with E-state index in [1.54, 1.807) is 16.9 Å². The highest BCUT2D eigenvalue weighted by Gasteiger charge is 2.26. The summed E-state index contributed by atoms with van der Waals surface area (Å²) in [6, 6.07) is 9.62. The van der Waals surface area contributed by atoms with Crippen LogP contribution in [-0.2, 0) is 7.05 Å². The van der Waals surface area contributed by atoms with Crippen LogP contribution >= 0.6 is 0 Å². The maximum absolute atomic E-state index is 12.8. The highest BCUT2D eigenvalue weighted by molar-refractivity contribution is 6.08. The van der Waals surface area contributed by atoms with Crippen LogP contribution in [0.2, 0.25) is 0 Å². The van der Waals surface area contributed by atoms with Gasteiger partial charge in [-0.2, -0.15) is 5.10 Å². The largest absolute Gasteiger partial charge is 0.334 e. The van der Waals surface area contributed by atoms with Gasteiger partial charge in [-0.3, -0.25) is 4.79 Å². The molecule has 0 atom stereocenters. The number of imidazole rings is 1. The van der Waals surface area contributed by atoms with E-state index < -0.39 is 0 Å². The summed E-state index contributed by atoms with van der Waals surface area (Å²) < 4.78 is 3.58. The molecule has 27 heavy (non-hydrogen) atoms. The van der Waals surface area contributed by atoms with Crippen molar-refractivity contribution in [2.75, 3.05) is 5.32 Å². The van der Waals surface area contributed by atoms with E-state index >= 15 is 0 Å². The average Bonchev–Trinajstić information content (AvgIpc) is 3.30. The summed E-state index contributed by atoms with van der Waals surface area (Å²) in [5.41, 5.74) is 3.75. The van der Waals surface area contributed by atoms with Gasteiger partial charge >= 0.3 is 0 Å². The van der Waals surface area contributed by atoms with Gasteiger partial charge in [0.2, 0.25) is 0 Å². The molecule has 0 unspecified atom stereocenters. The molecule has 4 aromatic rings. The van der Waals surface area contributed by atoms with Crippen molar-refractivity contribution in [1.82, 2.24) is 24.1 Å². The van der Waals surface area contributed by atoms with E-state index in [1.807, 2.05) is 54.3 Å². The van der Waals surface area contributed by atoms with Gasteiger partial charge in [0.15, 0.2) is 5.65 Å². The normalized spacial score (nSPS) is 13.8. The maximum atomic E-state index is 12.8. The molecule has 3 heterocycles. The summed E-state index contributed by atoms with van der Waals surface area (Å²) in [6.07, 6.45) is 9.41. The summed E-state index contributed by atoms with van der Waals surface area (Å²) in [4.78, 5) is 21.8. The molecule has 5 rings (SSSR count). The Labute approximate surface area is 155 Å². The lowest BCUT2D eigenvalue weighted by atomic mass is 10.2. The first kappa shape index (κ1) is 15.7. The molecule has 7 nitrogen and oxygen atoms in total. The second-order valence-electron chi connectivity index (χ2n) is 6.85. The zero-order valence-corrected chi connectivity index (χ0v) is 14.8. The third kappa shape index (κ3) is 2.87. The number of fused-ring (bicyclic) bond motifs is 1. The molecule has 1 aromatic carbocycles. The van der Waals surface area contributed by atoms with Crippen LogP contribution in [0, 0.1) is 0 Å². The topological polar surface area (TPSA) is 77.1 Å². The molecule has 0 radical (unpaired) electrons. The van der Waals surface area contributed by atoms with Crippen LogP contribution in [0.15, 0.2) is 55.1 Å². The van der Waals surface area contributed by atoms with Crippen molar-refractivity contribution >= 4 is 17.2 Å². The minimum Gasteiger partial charge on any atom is -0.334 e. The van der Waals surface area contributed by atoms with Crippen molar-refractivity contribution in [1.29, 1.82) is 0 Å². The summed E-state index contributed by atoms with van der Waals surface area (Å²) in [7, 11) is 1.94. The molecule has 1 aliphatic rings. The van der Waals surface area contributed by atoms with E-state index in [0.29, 0.717) is 22.8 Å². The number of aromatic nitrogens is 5. The maximum Gasteiger partial charge on any atom is 0.261 e. The molecule has 0 bridgehead atoms. The number of nitrogens with zero attached hydrogens (tertiary/aromatic N) is 5. The highest BCUT2D eigenvalue weighted by atomic mass is 16.1. The molecular formula is C20H18N6O. The van der Waals surface area contributed by atoms with Crippen LogP contribution in [0.25, 0.3) is 17.0 Å². The molecule has 0 saturated heterocycles. The Morgan fingerprint density at radius 3 is 2.89 bits per heavy atom. The van der Waals surface area contributed by atoms with Gasteiger partial charge in [0, 0.05) is 48.5 Å². The van der Waals surface area contributed by atoms with Crippen LogP contribution in [0.1, 0.15) is 34.8 Å². The molecule has 1 amide bonds. The van der Waals surface area contributed by atoms with Gasteiger partial charge in [0.1, 0.15) is 11.4 Å². The fourth-order valence-corrected chi connectivity index (χ4v) is 3.23. The predicted octanol–water partition coefficient (Wildman–Crippen LogP) is 3.26. The second kappa shape index (κ2) is 6.05. The minimum absolute atomic E-state index is 0.220. The Kier molecular flexibility index (Phi) is 3.53. The van der Waals surface area contributed by atoms with E-state index in [4.69, 9.17) is 0 Å². The second-order valence-corrected chi connectivity index (χ2v) is 6.85. The Morgan fingerprint density at radius 2 is 2.11 bits per heavy atom. The number of benzene rings is 1. The Balaban J connectivity index is 1.45. The van der Waals surface area contributed by atoms with Gasteiger partial charge in [-0.15, -0.1) is 0 Å². The molecule has 1 saturated carbocycles. The van der Waals surface area contributed by atoms with Crippen molar-refractivity contribution in [3.05, 3.63) is 66.4 Å².